The number of aromatic nitrogens is 2. The van der Waals surface area contributed by atoms with Crippen molar-refractivity contribution in [3.05, 3.63) is 59.7 Å². The summed E-state index contributed by atoms with van der Waals surface area (Å²) in [7, 11) is 0. The number of rotatable bonds is 6. The van der Waals surface area contributed by atoms with Crippen molar-refractivity contribution < 1.29 is 9.13 Å². The first-order chi connectivity index (χ1) is 13.3. The van der Waals surface area contributed by atoms with Crippen LogP contribution in [0.1, 0.15) is 30.4 Å². The van der Waals surface area contributed by atoms with Crippen LogP contribution in [-0.4, -0.2) is 47.2 Å². The Labute approximate surface area is 159 Å². The Bertz CT molecular complexity index is 770. The monoisotopic (exact) mass is 368 g/mol. The summed E-state index contributed by atoms with van der Waals surface area (Å²) in [4.78, 5) is 11.2. The molecule has 0 radical (unpaired) electrons. The van der Waals surface area contributed by atoms with E-state index in [4.69, 9.17) is 4.74 Å². The first kappa shape index (κ1) is 18.1. The molecular formula is C21H25FN4O. The Hall–Kier alpha value is -2.31. The number of nitrogens with one attached hydrogen (secondary N) is 1. The van der Waals surface area contributed by atoms with Crippen molar-refractivity contribution in [3.8, 4) is 0 Å². The average molecular weight is 368 g/mol. The Morgan fingerprint density at radius 1 is 1.19 bits per heavy atom. The van der Waals surface area contributed by atoms with Crippen LogP contribution in [0.25, 0.3) is 5.57 Å². The second-order valence-corrected chi connectivity index (χ2v) is 7.15. The van der Waals surface area contributed by atoms with Gasteiger partial charge in [0.1, 0.15) is 5.82 Å². The average Bonchev–Trinajstić information content (AvgIpc) is 3.22. The van der Waals surface area contributed by atoms with Gasteiger partial charge >= 0.3 is 0 Å². The molecule has 0 unspecified atom stereocenters. The maximum Gasteiger partial charge on any atom is 0.222 e. The van der Waals surface area contributed by atoms with E-state index in [9.17, 15) is 4.39 Å². The lowest BCUT2D eigenvalue weighted by Crippen LogP contribution is -2.28. The summed E-state index contributed by atoms with van der Waals surface area (Å²) in [5.74, 6) is 0.469. The molecule has 2 aliphatic heterocycles. The fourth-order valence-corrected chi connectivity index (χ4v) is 3.58. The molecule has 27 heavy (non-hydrogen) atoms. The van der Waals surface area contributed by atoms with E-state index in [1.807, 2.05) is 24.5 Å². The molecule has 2 aromatic rings. The molecule has 1 aromatic carbocycles. The molecule has 0 saturated carbocycles. The van der Waals surface area contributed by atoms with Crippen molar-refractivity contribution in [1.29, 1.82) is 0 Å². The van der Waals surface area contributed by atoms with Crippen molar-refractivity contribution >= 4 is 11.5 Å². The van der Waals surface area contributed by atoms with Gasteiger partial charge in [-0.05, 0) is 42.5 Å². The van der Waals surface area contributed by atoms with Crippen molar-refractivity contribution in [2.75, 3.05) is 31.6 Å². The van der Waals surface area contributed by atoms with Gasteiger partial charge in [-0.15, -0.1) is 0 Å². The third-order valence-electron chi connectivity index (χ3n) is 5.13. The lowest BCUT2D eigenvalue weighted by molar-refractivity contribution is 0.120. The maximum atomic E-state index is 13.1. The van der Waals surface area contributed by atoms with Crippen LogP contribution in [0.4, 0.5) is 10.3 Å². The zero-order valence-corrected chi connectivity index (χ0v) is 15.4. The second kappa shape index (κ2) is 8.59. The SMILES string of the molecule is Fc1ccc(C2=CCN(Cc3cnc(NC[C@H]4CCCO4)nc3)CC2)cc1. The van der Waals surface area contributed by atoms with Gasteiger partial charge in [-0.2, -0.15) is 0 Å². The van der Waals surface area contributed by atoms with Crippen LogP contribution in [0, 0.1) is 5.82 Å². The molecule has 0 aliphatic carbocycles. The van der Waals surface area contributed by atoms with Crippen molar-refractivity contribution in [1.82, 2.24) is 14.9 Å². The number of hydrogen-bond acceptors (Lipinski definition) is 5. The molecule has 6 heteroatoms. The van der Waals surface area contributed by atoms with Crippen LogP contribution in [0.5, 0.6) is 0 Å². The summed E-state index contributed by atoms with van der Waals surface area (Å²) in [6.45, 7) is 4.31. The minimum Gasteiger partial charge on any atom is -0.376 e. The van der Waals surface area contributed by atoms with E-state index in [0.717, 1.165) is 63.2 Å². The minimum atomic E-state index is -0.189. The number of nitrogens with zero attached hydrogens (tertiary/aromatic N) is 3. The lowest BCUT2D eigenvalue weighted by atomic mass is 9.99. The topological polar surface area (TPSA) is 50.3 Å². The van der Waals surface area contributed by atoms with Gasteiger partial charge < -0.3 is 10.1 Å². The van der Waals surface area contributed by atoms with E-state index in [0.29, 0.717) is 5.95 Å². The molecule has 3 heterocycles. The summed E-state index contributed by atoms with van der Waals surface area (Å²) in [5, 5.41) is 3.25. The molecule has 4 rings (SSSR count). The van der Waals surface area contributed by atoms with E-state index < -0.39 is 0 Å². The van der Waals surface area contributed by atoms with Crippen molar-refractivity contribution in [3.63, 3.8) is 0 Å². The zero-order valence-electron chi connectivity index (χ0n) is 15.4. The summed E-state index contributed by atoms with van der Waals surface area (Å²) in [6, 6.07) is 6.75. The molecule has 0 bridgehead atoms. The highest BCUT2D eigenvalue weighted by molar-refractivity contribution is 5.66. The molecule has 1 saturated heterocycles. The van der Waals surface area contributed by atoms with E-state index in [1.54, 1.807) is 0 Å². The predicted octanol–water partition coefficient (Wildman–Crippen LogP) is 3.50. The highest BCUT2D eigenvalue weighted by Crippen LogP contribution is 2.23. The number of hydrogen-bond donors (Lipinski definition) is 1. The second-order valence-electron chi connectivity index (χ2n) is 7.15. The maximum absolute atomic E-state index is 13.1. The van der Waals surface area contributed by atoms with Gasteiger partial charge in [-0.1, -0.05) is 18.2 Å². The number of benzene rings is 1. The molecule has 5 nitrogen and oxygen atoms in total. The molecule has 1 N–H and O–H groups in total. The highest BCUT2D eigenvalue weighted by atomic mass is 19.1. The Morgan fingerprint density at radius 3 is 2.67 bits per heavy atom. The summed E-state index contributed by atoms with van der Waals surface area (Å²) in [5.41, 5.74) is 3.51. The van der Waals surface area contributed by atoms with E-state index in [1.165, 1.54) is 17.7 Å². The fraction of sp³-hybridized carbons (Fsp3) is 0.429. The Morgan fingerprint density at radius 2 is 2.00 bits per heavy atom. The summed E-state index contributed by atoms with van der Waals surface area (Å²) < 4.78 is 18.7. The zero-order chi connectivity index (χ0) is 18.5. The molecule has 1 aromatic heterocycles. The molecule has 0 spiro atoms. The first-order valence-corrected chi connectivity index (χ1v) is 9.60. The van der Waals surface area contributed by atoms with E-state index in [2.05, 4.69) is 26.3 Å². The van der Waals surface area contributed by atoms with Crippen LogP contribution < -0.4 is 5.32 Å². The van der Waals surface area contributed by atoms with Gasteiger partial charge in [0.05, 0.1) is 6.10 Å². The number of ether oxygens (including phenoxy) is 1. The Balaban J connectivity index is 1.27. The molecule has 2 aliphatic rings. The van der Waals surface area contributed by atoms with Crippen molar-refractivity contribution in [2.24, 2.45) is 0 Å². The molecule has 142 valence electrons. The third kappa shape index (κ3) is 4.90. The Kier molecular flexibility index (Phi) is 5.75. The van der Waals surface area contributed by atoms with Crippen LogP contribution in [0.15, 0.2) is 42.7 Å². The normalized spacial score (nSPS) is 20.5. The smallest absolute Gasteiger partial charge is 0.222 e. The van der Waals surface area contributed by atoms with Gasteiger partial charge in [-0.3, -0.25) is 4.90 Å². The molecular weight excluding hydrogens is 343 g/mol. The predicted molar refractivity (Wildman–Crippen MR) is 104 cm³/mol. The van der Waals surface area contributed by atoms with Crippen molar-refractivity contribution in [2.45, 2.75) is 31.9 Å². The third-order valence-corrected chi connectivity index (χ3v) is 5.13. The van der Waals surface area contributed by atoms with Crippen LogP contribution in [-0.2, 0) is 11.3 Å². The minimum absolute atomic E-state index is 0.189. The summed E-state index contributed by atoms with van der Waals surface area (Å²) >= 11 is 0. The van der Waals surface area contributed by atoms with Crippen LogP contribution >= 0.6 is 0 Å². The largest absolute Gasteiger partial charge is 0.376 e. The highest BCUT2D eigenvalue weighted by Gasteiger charge is 2.16. The van der Waals surface area contributed by atoms with E-state index in [-0.39, 0.29) is 11.9 Å². The van der Waals surface area contributed by atoms with Crippen LogP contribution in [0.3, 0.4) is 0 Å². The molecule has 1 fully saturated rings. The van der Waals surface area contributed by atoms with Gasteiger partial charge in [0.2, 0.25) is 5.95 Å². The quantitative estimate of drug-likeness (QED) is 0.846. The number of anilines is 1. The molecule has 0 amide bonds. The van der Waals surface area contributed by atoms with E-state index >= 15 is 0 Å². The number of halogens is 1. The lowest BCUT2D eigenvalue weighted by Gasteiger charge is -2.26. The standard InChI is InChI=1S/C21H25FN4O/c22-19-5-3-17(4-6-19)18-7-9-26(10-8-18)15-16-12-23-21(24-13-16)25-14-20-2-1-11-27-20/h3-7,12-13,20H,1-2,8-11,14-15H2,(H,23,24,25)/t20-/m1/s1. The van der Waals surface area contributed by atoms with Gasteiger partial charge in [-0.25, -0.2) is 14.4 Å². The summed E-state index contributed by atoms with van der Waals surface area (Å²) in [6.07, 6.45) is 9.51. The first-order valence-electron chi connectivity index (χ1n) is 9.60. The van der Waals surface area contributed by atoms with Gasteiger partial charge in [0.15, 0.2) is 0 Å². The molecule has 1 atom stereocenters. The van der Waals surface area contributed by atoms with Gasteiger partial charge in [0, 0.05) is 50.7 Å². The van der Waals surface area contributed by atoms with Crippen LogP contribution in [0.2, 0.25) is 0 Å². The van der Waals surface area contributed by atoms with Gasteiger partial charge in [0.25, 0.3) is 0 Å². The fourth-order valence-electron chi connectivity index (χ4n) is 3.58.